The summed E-state index contributed by atoms with van der Waals surface area (Å²) in [5, 5.41) is 11.4. The molecule has 1 aliphatic rings. The van der Waals surface area contributed by atoms with E-state index in [2.05, 4.69) is 5.32 Å². The fourth-order valence-corrected chi connectivity index (χ4v) is 3.28. The van der Waals surface area contributed by atoms with Gasteiger partial charge in [0.1, 0.15) is 12.1 Å². The van der Waals surface area contributed by atoms with Gasteiger partial charge in [-0.2, -0.15) is 4.31 Å². The van der Waals surface area contributed by atoms with Crippen molar-refractivity contribution in [2.45, 2.75) is 31.3 Å². The molecule has 2 unspecified atom stereocenters. The number of hydrogen-bond donors (Lipinski definition) is 2. The minimum Gasteiger partial charge on any atom is -0.480 e. The van der Waals surface area contributed by atoms with E-state index < -0.39 is 34.0 Å². The molecule has 0 aromatic carbocycles. The second-order valence-corrected chi connectivity index (χ2v) is 6.65. The molecule has 1 aliphatic heterocycles. The van der Waals surface area contributed by atoms with Gasteiger partial charge in [-0.05, 0) is 12.8 Å². The number of carboxylic acids is 1. The van der Waals surface area contributed by atoms with E-state index in [0.29, 0.717) is 12.8 Å². The molecular formula is C11H20N2O6S. The number of nitrogens with one attached hydrogen (secondary N) is 1. The average molecular weight is 308 g/mol. The summed E-state index contributed by atoms with van der Waals surface area (Å²) in [5.41, 5.74) is 0. The van der Waals surface area contributed by atoms with Crippen LogP contribution in [0.5, 0.6) is 0 Å². The van der Waals surface area contributed by atoms with Crippen LogP contribution in [-0.4, -0.2) is 68.3 Å². The first kappa shape index (κ1) is 16.9. The largest absolute Gasteiger partial charge is 0.480 e. The third-order valence-electron chi connectivity index (χ3n) is 3.16. The van der Waals surface area contributed by atoms with Crippen LogP contribution < -0.4 is 5.32 Å². The maximum Gasteiger partial charge on any atom is 0.326 e. The van der Waals surface area contributed by atoms with Gasteiger partial charge >= 0.3 is 5.97 Å². The molecule has 1 saturated heterocycles. The third kappa shape index (κ3) is 4.43. The molecule has 0 aliphatic carbocycles. The van der Waals surface area contributed by atoms with Crippen molar-refractivity contribution in [2.24, 2.45) is 0 Å². The molecule has 1 heterocycles. The number of methoxy groups -OCH3 is 1. The highest BCUT2D eigenvalue weighted by Gasteiger charge is 2.37. The zero-order chi connectivity index (χ0) is 15.3. The number of hydrogen-bond acceptors (Lipinski definition) is 5. The molecule has 1 fully saturated rings. The smallest absolute Gasteiger partial charge is 0.326 e. The van der Waals surface area contributed by atoms with Gasteiger partial charge in [0.25, 0.3) is 0 Å². The van der Waals surface area contributed by atoms with E-state index in [4.69, 9.17) is 9.84 Å². The van der Waals surface area contributed by atoms with Crippen LogP contribution in [0.4, 0.5) is 0 Å². The highest BCUT2D eigenvalue weighted by molar-refractivity contribution is 7.88. The number of sulfonamides is 1. The van der Waals surface area contributed by atoms with Gasteiger partial charge in [-0.15, -0.1) is 0 Å². The summed E-state index contributed by atoms with van der Waals surface area (Å²) in [6.07, 6.45) is 2.15. The lowest BCUT2D eigenvalue weighted by atomic mass is 10.1. The van der Waals surface area contributed by atoms with Crippen LogP contribution in [0.15, 0.2) is 0 Å². The van der Waals surface area contributed by atoms with Crippen molar-refractivity contribution in [3.05, 3.63) is 0 Å². The van der Waals surface area contributed by atoms with E-state index in [0.717, 1.165) is 10.6 Å². The van der Waals surface area contributed by atoms with Crippen LogP contribution in [0, 0.1) is 0 Å². The van der Waals surface area contributed by atoms with E-state index in [1.54, 1.807) is 0 Å². The van der Waals surface area contributed by atoms with Gasteiger partial charge in [0.2, 0.25) is 15.9 Å². The number of amides is 1. The summed E-state index contributed by atoms with van der Waals surface area (Å²) >= 11 is 0. The Morgan fingerprint density at radius 1 is 1.50 bits per heavy atom. The van der Waals surface area contributed by atoms with Gasteiger partial charge in [-0.3, -0.25) is 4.79 Å². The van der Waals surface area contributed by atoms with Crippen molar-refractivity contribution in [3.63, 3.8) is 0 Å². The zero-order valence-corrected chi connectivity index (χ0v) is 12.4. The molecule has 116 valence electrons. The fraction of sp³-hybridized carbons (Fsp3) is 0.818. The second-order valence-electron chi connectivity index (χ2n) is 4.71. The quantitative estimate of drug-likeness (QED) is 0.625. The van der Waals surface area contributed by atoms with E-state index >= 15 is 0 Å². The van der Waals surface area contributed by atoms with Crippen molar-refractivity contribution >= 4 is 21.9 Å². The highest BCUT2D eigenvalue weighted by Crippen LogP contribution is 2.20. The number of carboxylic acid groups (broad SMARTS) is 1. The van der Waals surface area contributed by atoms with E-state index in [1.807, 2.05) is 0 Å². The minimum atomic E-state index is -3.47. The topological polar surface area (TPSA) is 113 Å². The lowest BCUT2D eigenvalue weighted by Gasteiger charge is -2.23. The van der Waals surface area contributed by atoms with Gasteiger partial charge in [-0.25, -0.2) is 13.2 Å². The molecule has 9 heteroatoms. The molecular weight excluding hydrogens is 288 g/mol. The van der Waals surface area contributed by atoms with E-state index in [-0.39, 0.29) is 19.6 Å². The maximum absolute atomic E-state index is 12.1. The normalized spacial score (nSPS) is 21.6. The molecule has 0 radical (unpaired) electrons. The average Bonchev–Trinajstić information content (AvgIpc) is 2.82. The van der Waals surface area contributed by atoms with Crippen LogP contribution in [0.3, 0.4) is 0 Å². The maximum atomic E-state index is 12.1. The Labute approximate surface area is 118 Å². The van der Waals surface area contributed by atoms with Gasteiger partial charge in [-0.1, -0.05) is 0 Å². The first-order chi connectivity index (χ1) is 9.27. The first-order valence-corrected chi connectivity index (χ1v) is 8.11. The van der Waals surface area contributed by atoms with Crippen molar-refractivity contribution in [1.82, 2.24) is 9.62 Å². The van der Waals surface area contributed by atoms with E-state index in [9.17, 15) is 18.0 Å². The van der Waals surface area contributed by atoms with Crippen molar-refractivity contribution in [3.8, 4) is 0 Å². The summed E-state index contributed by atoms with van der Waals surface area (Å²) < 4.78 is 29.0. The monoisotopic (exact) mass is 308 g/mol. The standard InChI is InChI=1S/C11H20N2O6S/c1-19-7-5-8(11(15)16)12-10(14)9-4-3-6-13(9)20(2,17)18/h8-9H,3-7H2,1-2H3,(H,12,14)(H,15,16). The molecule has 2 atom stereocenters. The van der Waals surface area contributed by atoms with Crippen LogP contribution >= 0.6 is 0 Å². The summed E-state index contributed by atoms with van der Waals surface area (Å²) in [7, 11) is -2.04. The predicted molar refractivity (Wildman–Crippen MR) is 70.6 cm³/mol. The molecule has 8 nitrogen and oxygen atoms in total. The second kappa shape index (κ2) is 7.00. The summed E-state index contributed by atoms with van der Waals surface area (Å²) in [4.78, 5) is 23.1. The van der Waals surface area contributed by atoms with Gasteiger partial charge in [0, 0.05) is 26.7 Å². The molecule has 1 amide bonds. The lowest BCUT2D eigenvalue weighted by Crippen LogP contribution is -2.50. The van der Waals surface area contributed by atoms with Gasteiger partial charge < -0.3 is 15.2 Å². The number of ether oxygens (including phenoxy) is 1. The summed E-state index contributed by atoms with van der Waals surface area (Å²) in [6.45, 7) is 0.477. The van der Waals surface area contributed by atoms with Crippen LogP contribution in [0.2, 0.25) is 0 Å². The third-order valence-corrected chi connectivity index (χ3v) is 4.45. The molecule has 0 spiro atoms. The number of carbonyl (C=O) groups excluding carboxylic acids is 1. The fourth-order valence-electron chi connectivity index (χ4n) is 2.16. The predicted octanol–water partition coefficient (Wildman–Crippen LogP) is -0.984. The molecule has 1 rings (SSSR count). The summed E-state index contributed by atoms with van der Waals surface area (Å²) in [5.74, 6) is -1.74. The van der Waals surface area contributed by atoms with Crippen LogP contribution in [-0.2, 0) is 24.3 Å². The number of aliphatic carboxylic acids is 1. The highest BCUT2D eigenvalue weighted by atomic mass is 32.2. The zero-order valence-electron chi connectivity index (χ0n) is 11.5. The Balaban J connectivity index is 2.71. The van der Waals surface area contributed by atoms with Crippen molar-refractivity contribution in [1.29, 1.82) is 0 Å². The molecule has 20 heavy (non-hydrogen) atoms. The number of nitrogens with zero attached hydrogens (tertiary/aromatic N) is 1. The molecule has 0 aromatic heterocycles. The first-order valence-electron chi connectivity index (χ1n) is 6.26. The van der Waals surface area contributed by atoms with E-state index in [1.165, 1.54) is 7.11 Å². The molecule has 0 bridgehead atoms. The van der Waals surface area contributed by atoms with Crippen molar-refractivity contribution in [2.75, 3.05) is 26.5 Å². The lowest BCUT2D eigenvalue weighted by molar-refractivity contribution is -0.142. The number of rotatable bonds is 7. The van der Waals surface area contributed by atoms with Gasteiger partial charge in [0.05, 0.1) is 6.26 Å². The molecule has 0 saturated carbocycles. The summed E-state index contributed by atoms with van der Waals surface area (Å²) in [6, 6.07) is -1.90. The molecule has 0 aromatic rings. The SMILES string of the molecule is COCCC(NC(=O)C1CCCN1S(C)(=O)=O)C(=O)O. The van der Waals surface area contributed by atoms with Crippen molar-refractivity contribution < 1.29 is 27.9 Å². The molecule has 2 N–H and O–H groups in total. The van der Waals surface area contributed by atoms with Crippen LogP contribution in [0.1, 0.15) is 19.3 Å². The van der Waals surface area contributed by atoms with Crippen LogP contribution in [0.25, 0.3) is 0 Å². The van der Waals surface area contributed by atoms with Gasteiger partial charge in [0.15, 0.2) is 0 Å². The Bertz CT molecular complexity index is 464. The Morgan fingerprint density at radius 3 is 2.65 bits per heavy atom. The minimum absolute atomic E-state index is 0.128. The Hall–Kier alpha value is -1.19. The number of carbonyl (C=O) groups is 2. The Kier molecular flexibility index (Phi) is 5.90. The Morgan fingerprint density at radius 2 is 2.15 bits per heavy atom.